The first-order chi connectivity index (χ1) is 9.04. The molecule has 0 saturated carbocycles. The third-order valence-electron chi connectivity index (χ3n) is 2.95. The number of pyridine rings is 1. The Morgan fingerprint density at radius 1 is 1.05 bits per heavy atom. The van der Waals surface area contributed by atoms with Crippen LogP contribution in [-0.2, 0) is 0 Å². The van der Waals surface area contributed by atoms with Crippen LogP contribution in [0.2, 0.25) is 0 Å². The summed E-state index contributed by atoms with van der Waals surface area (Å²) in [5.74, 6) is -2.26. The van der Waals surface area contributed by atoms with E-state index in [1.165, 1.54) is 31.2 Å². The number of nitrogens with one attached hydrogen (secondary N) is 1. The molecule has 0 aliphatic heterocycles. The standard InChI is InChI=1S/C14H13F3N2/c1-8-3-5-10(13(17)12(8)16)14(18-2)11-6-4-9(15)7-19-11/h3-7,14,18H,1-2H3. The lowest BCUT2D eigenvalue weighted by atomic mass is 10.0. The Labute approximate surface area is 109 Å². The molecule has 0 aliphatic carbocycles. The third kappa shape index (κ3) is 2.61. The number of halogens is 3. The van der Waals surface area contributed by atoms with Crippen molar-refractivity contribution in [3.8, 4) is 0 Å². The maximum atomic E-state index is 13.9. The second-order valence-electron chi connectivity index (χ2n) is 4.22. The molecule has 0 radical (unpaired) electrons. The molecule has 1 aromatic carbocycles. The smallest absolute Gasteiger partial charge is 0.164 e. The largest absolute Gasteiger partial charge is 0.308 e. The van der Waals surface area contributed by atoms with Crippen molar-refractivity contribution in [3.63, 3.8) is 0 Å². The second kappa shape index (κ2) is 5.40. The van der Waals surface area contributed by atoms with Crippen LogP contribution in [0.1, 0.15) is 22.9 Å². The van der Waals surface area contributed by atoms with Crippen molar-refractivity contribution in [2.45, 2.75) is 13.0 Å². The highest BCUT2D eigenvalue weighted by atomic mass is 19.2. The highest BCUT2D eigenvalue weighted by Gasteiger charge is 2.20. The van der Waals surface area contributed by atoms with E-state index < -0.39 is 23.5 Å². The molecule has 5 heteroatoms. The van der Waals surface area contributed by atoms with Gasteiger partial charge in [-0.1, -0.05) is 12.1 Å². The van der Waals surface area contributed by atoms with Gasteiger partial charge < -0.3 is 5.32 Å². The zero-order valence-corrected chi connectivity index (χ0v) is 10.5. The molecule has 0 saturated heterocycles. The third-order valence-corrected chi connectivity index (χ3v) is 2.95. The van der Waals surface area contributed by atoms with Crippen molar-refractivity contribution in [1.82, 2.24) is 10.3 Å². The van der Waals surface area contributed by atoms with Crippen molar-refractivity contribution in [3.05, 3.63) is 64.7 Å². The maximum absolute atomic E-state index is 13.9. The Balaban J connectivity index is 2.48. The Kier molecular flexibility index (Phi) is 3.85. The van der Waals surface area contributed by atoms with Gasteiger partial charge in [-0.15, -0.1) is 0 Å². The summed E-state index contributed by atoms with van der Waals surface area (Å²) in [4.78, 5) is 3.89. The number of nitrogens with zero attached hydrogens (tertiary/aromatic N) is 1. The molecule has 2 nitrogen and oxygen atoms in total. The fraction of sp³-hybridized carbons (Fsp3) is 0.214. The molecule has 1 aromatic heterocycles. The molecule has 1 atom stereocenters. The number of hydrogen-bond acceptors (Lipinski definition) is 2. The number of benzene rings is 1. The van der Waals surface area contributed by atoms with Gasteiger partial charge in [0.25, 0.3) is 0 Å². The minimum atomic E-state index is -0.912. The lowest BCUT2D eigenvalue weighted by Crippen LogP contribution is -2.20. The van der Waals surface area contributed by atoms with Crippen LogP contribution in [0, 0.1) is 24.4 Å². The topological polar surface area (TPSA) is 24.9 Å². The monoisotopic (exact) mass is 266 g/mol. The average Bonchev–Trinajstić information content (AvgIpc) is 2.41. The van der Waals surface area contributed by atoms with Gasteiger partial charge in [0.05, 0.1) is 17.9 Å². The molecule has 0 fully saturated rings. The van der Waals surface area contributed by atoms with E-state index in [0.717, 1.165) is 6.20 Å². The van der Waals surface area contributed by atoms with E-state index in [1.54, 1.807) is 7.05 Å². The highest BCUT2D eigenvalue weighted by Crippen LogP contribution is 2.25. The predicted molar refractivity (Wildman–Crippen MR) is 66.2 cm³/mol. The summed E-state index contributed by atoms with van der Waals surface area (Å²) in [5.41, 5.74) is 0.805. The molecule has 19 heavy (non-hydrogen) atoms. The average molecular weight is 266 g/mol. The second-order valence-corrected chi connectivity index (χ2v) is 4.22. The number of hydrogen-bond donors (Lipinski definition) is 1. The van der Waals surface area contributed by atoms with Crippen molar-refractivity contribution in [2.75, 3.05) is 7.05 Å². The van der Waals surface area contributed by atoms with E-state index in [-0.39, 0.29) is 11.1 Å². The molecule has 0 amide bonds. The zero-order valence-electron chi connectivity index (χ0n) is 10.5. The summed E-state index contributed by atoms with van der Waals surface area (Å²) in [5, 5.41) is 2.85. The minimum absolute atomic E-state index is 0.143. The summed E-state index contributed by atoms with van der Waals surface area (Å²) < 4.78 is 40.4. The van der Waals surface area contributed by atoms with Crippen LogP contribution in [0.15, 0.2) is 30.5 Å². The van der Waals surface area contributed by atoms with Gasteiger partial charge in [0.1, 0.15) is 5.82 Å². The lowest BCUT2D eigenvalue weighted by molar-refractivity contribution is 0.480. The van der Waals surface area contributed by atoms with Crippen LogP contribution in [0.25, 0.3) is 0 Å². The summed E-state index contributed by atoms with van der Waals surface area (Å²) in [7, 11) is 1.60. The van der Waals surface area contributed by atoms with Gasteiger partial charge >= 0.3 is 0 Å². The molecule has 0 bridgehead atoms. The first kappa shape index (κ1) is 13.5. The van der Waals surface area contributed by atoms with E-state index in [4.69, 9.17) is 0 Å². The fourth-order valence-corrected chi connectivity index (χ4v) is 1.90. The van der Waals surface area contributed by atoms with Crippen LogP contribution < -0.4 is 5.32 Å². The van der Waals surface area contributed by atoms with Crippen LogP contribution in [0.3, 0.4) is 0 Å². The van der Waals surface area contributed by atoms with E-state index in [0.29, 0.717) is 5.69 Å². The maximum Gasteiger partial charge on any atom is 0.164 e. The van der Waals surface area contributed by atoms with Crippen LogP contribution in [0.4, 0.5) is 13.2 Å². The summed E-state index contributed by atoms with van der Waals surface area (Å²) in [6.45, 7) is 1.49. The van der Waals surface area contributed by atoms with Crippen molar-refractivity contribution in [2.24, 2.45) is 0 Å². The molecular formula is C14H13F3N2. The van der Waals surface area contributed by atoms with Crippen LogP contribution in [-0.4, -0.2) is 12.0 Å². The van der Waals surface area contributed by atoms with Crippen molar-refractivity contribution in [1.29, 1.82) is 0 Å². The van der Waals surface area contributed by atoms with E-state index in [9.17, 15) is 13.2 Å². The van der Waals surface area contributed by atoms with E-state index in [2.05, 4.69) is 10.3 Å². The molecule has 2 aromatic rings. The Bertz CT molecular complexity index is 582. The van der Waals surface area contributed by atoms with Gasteiger partial charge in [-0.05, 0) is 31.7 Å². The highest BCUT2D eigenvalue weighted by molar-refractivity contribution is 5.32. The number of aryl methyl sites for hydroxylation is 1. The predicted octanol–water partition coefficient (Wildman–Crippen LogP) is 3.12. The first-order valence-corrected chi connectivity index (χ1v) is 5.77. The molecule has 0 spiro atoms. The lowest BCUT2D eigenvalue weighted by Gasteiger charge is -2.17. The number of aromatic nitrogens is 1. The zero-order chi connectivity index (χ0) is 14.0. The first-order valence-electron chi connectivity index (χ1n) is 5.77. The summed E-state index contributed by atoms with van der Waals surface area (Å²) in [6.07, 6.45) is 1.04. The van der Waals surface area contributed by atoms with Gasteiger partial charge in [-0.3, -0.25) is 4.98 Å². The summed E-state index contributed by atoms with van der Waals surface area (Å²) >= 11 is 0. The van der Waals surface area contributed by atoms with Gasteiger partial charge in [0, 0.05) is 5.56 Å². The molecular weight excluding hydrogens is 253 g/mol. The minimum Gasteiger partial charge on any atom is -0.308 e. The molecule has 1 N–H and O–H groups in total. The van der Waals surface area contributed by atoms with Gasteiger partial charge in [0.2, 0.25) is 0 Å². The van der Waals surface area contributed by atoms with E-state index in [1.807, 2.05) is 0 Å². The molecule has 0 aliphatic rings. The molecule has 1 heterocycles. The normalized spacial score (nSPS) is 12.5. The van der Waals surface area contributed by atoms with Crippen LogP contribution in [0.5, 0.6) is 0 Å². The SMILES string of the molecule is CNC(c1ccc(F)cn1)c1ccc(C)c(F)c1F. The molecule has 2 rings (SSSR count). The van der Waals surface area contributed by atoms with Gasteiger partial charge in [-0.2, -0.15) is 0 Å². The van der Waals surface area contributed by atoms with Crippen LogP contribution >= 0.6 is 0 Å². The Morgan fingerprint density at radius 2 is 1.79 bits per heavy atom. The van der Waals surface area contributed by atoms with Gasteiger partial charge in [0.15, 0.2) is 11.6 Å². The van der Waals surface area contributed by atoms with E-state index >= 15 is 0 Å². The fourth-order valence-electron chi connectivity index (χ4n) is 1.90. The van der Waals surface area contributed by atoms with Crippen molar-refractivity contribution >= 4 is 0 Å². The van der Waals surface area contributed by atoms with Gasteiger partial charge in [-0.25, -0.2) is 13.2 Å². The summed E-state index contributed by atoms with van der Waals surface area (Å²) in [6, 6.07) is 5.04. The molecule has 100 valence electrons. The van der Waals surface area contributed by atoms with Crippen molar-refractivity contribution < 1.29 is 13.2 Å². The Hall–Kier alpha value is -1.88. The number of rotatable bonds is 3. The Morgan fingerprint density at radius 3 is 2.37 bits per heavy atom. The quantitative estimate of drug-likeness (QED) is 0.923. The molecule has 1 unspecified atom stereocenters.